The lowest BCUT2D eigenvalue weighted by Gasteiger charge is -2.23. The van der Waals surface area contributed by atoms with Crippen molar-refractivity contribution in [1.29, 1.82) is 0 Å². The van der Waals surface area contributed by atoms with E-state index in [1.807, 2.05) is 32.1 Å². The lowest BCUT2D eigenvalue weighted by Crippen LogP contribution is -2.24. The number of ether oxygens (including phenoxy) is 1. The second-order valence-electron chi connectivity index (χ2n) is 8.92. The van der Waals surface area contributed by atoms with E-state index in [0.717, 1.165) is 32.1 Å². The van der Waals surface area contributed by atoms with Crippen LogP contribution in [0.5, 0.6) is 0 Å². The van der Waals surface area contributed by atoms with Gasteiger partial charge in [0.2, 0.25) is 0 Å². The average Bonchev–Trinajstić information content (AvgIpc) is 2.88. The van der Waals surface area contributed by atoms with Crippen LogP contribution in [-0.4, -0.2) is 45.2 Å². The maximum Gasteiger partial charge on any atom is 0.306 e. The molecule has 0 aliphatic heterocycles. The molecule has 168 valence electrons. The highest BCUT2D eigenvalue weighted by molar-refractivity contribution is 5.69. The third kappa shape index (κ3) is 10.4. The number of hydrogen-bond donors (Lipinski definition) is 3. The van der Waals surface area contributed by atoms with Crippen LogP contribution in [0.4, 0.5) is 0 Å². The molecule has 5 nitrogen and oxygen atoms in total. The van der Waals surface area contributed by atoms with Crippen LogP contribution in [0.1, 0.15) is 85.5 Å². The molecule has 0 aromatic rings. The van der Waals surface area contributed by atoms with E-state index in [4.69, 9.17) is 4.74 Å². The summed E-state index contributed by atoms with van der Waals surface area (Å²) in [5.74, 6) is -0.387. The van der Waals surface area contributed by atoms with E-state index in [-0.39, 0.29) is 23.9 Å². The predicted molar refractivity (Wildman–Crippen MR) is 116 cm³/mol. The summed E-state index contributed by atoms with van der Waals surface area (Å²) in [6.07, 6.45) is 13.4. The summed E-state index contributed by atoms with van der Waals surface area (Å²) in [5, 5.41) is 31.2. The van der Waals surface area contributed by atoms with Crippen molar-refractivity contribution in [2.24, 2.45) is 11.8 Å². The molecular weight excluding hydrogens is 368 g/mol. The fourth-order valence-corrected chi connectivity index (χ4v) is 3.90. The van der Waals surface area contributed by atoms with Crippen molar-refractivity contribution in [2.45, 2.75) is 109 Å². The van der Waals surface area contributed by atoms with Gasteiger partial charge in [-0.15, -0.1) is 0 Å². The molecule has 0 saturated heterocycles. The molecule has 5 atom stereocenters. The van der Waals surface area contributed by atoms with Gasteiger partial charge in [0.1, 0.15) is 0 Å². The second kappa shape index (κ2) is 13.2. The molecule has 0 heterocycles. The SMILES string of the molecule is CCCCC[C@](C)(O)/C=C/[C@@H]1[C@@H](C/C=C\CCCC(=O)OC(C)C)[C@@H](O)C[C@H]1O. The smallest absolute Gasteiger partial charge is 0.306 e. The summed E-state index contributed by atoms with van der Waals surface area (Å²) in [7, 11) is 0. The van der Waals surface area contributed by atoms with Gasteiger partial charge in [-0.3, -0.25) is 4.79 Å². The number of unbranched alkanes of at least 4 members (excludes halogenated alkanes) is 3. The van der Waals surface area contributed by atoms with E-state index in [9.17, 15) is 20.1 Å². The van der Waals surface area contributed by atoms with E-state index in [0.29, 0.717) is 25.7 Å². The van der Waals surface area contributed by atoms with E-state index >= 15 is 0 Å². The first-order chi connectivity index (χ1) is 13.7. The lowest BCUT2D eigenvalue weighted by atomic mass is 9.88. The van der Waals surface area contributed by atoms with Crippen LogP contribution in [0.3, 0.4) is 0 Å². The third-order valence-electron chi connectivity index (χ3n) is 5.57. The van der Waals surface area contributed by atoms with Gasteiger partial charge in [0.15, 0.2) is 0 Å². The highest BCUT2D eigenvalue weighted by atomic mass is 16.5. The number of esters is 1. The zero-order valence-corrected chi connectivity index (χ0v) is 18.7. The van der Waals surface area contributed by atoms with Crippen molar-refractivity contribution in [3.05, 3.63) is 24.3 Å². The molecule has 1 rings (SSSR count). The van der Waals surface area contributed by atoms with Crippen LogP contribution in [-0.2, 0) is 9.53 Å². The van der Waals surface area contributed by atoms with Crippen LogP contribution >= 0.6 is 0 Å². The molecule has 29 heavy (non-hydrogen) atoms. The van der Waals surface area contributed by atoms with Crippen molar-refractivity contribution in [1.82, 2.24) is 0 Å². The monoisotopic (exact) mass is 410 g/mol. The van der Waals surface area contributed by atoms with Crippen molar-refractivity contribution < 1.29 is 24.9 Å². The molecule has 0 radical (unpaired) electrons. The molecule has 0 bridgehead atoms. The van der Waals surface area contributed by atoms with Crippen molar-refractivity contribution in [2.75, 3.05) is 0 Å². The molecule has 1 aliphatic rings. The fraction of sp³-hybridized carbons (Fsp3) is 0.792. The zero-order valence-electron chi connectivity index (χ0n) is 18.7. The Morgan fingerprint density at radius 1 is 1.17 bits per heavy atom. The Morgan fingerprint density at radius 3 is 2.55 bits per heavy atom. The summed E-state index contributed by atoms with van der Waals surface area (Å²) >= 11 is 0. The molecule has 3 N–H and O–H groups in total. The molecule has 0 aromatic heterocycles. The normalized spacial score (nSPS) is 27.2. The van der Waals surface area contributed by atoms with Crippen molar-refractivity contribution in [3.8, 4) is 0 Å². The van der Waals surface area contributed by atoms with E-state index in [1.54, 1.807) is 13.0 Å². The zero-order chi connectivity index (χ0) is 21.9. The molecule has 0 amide bonds. The lowest BCUT2D eigenvalue weighted by molar-refractivity contribution is -0.147. The van der Waals surface area contributed by atoms with Gasteiger partial charge in [-0.25, -0.2) is 0 Å². The maximum absolute atomic E-state index is 11.5. The summed E-state index contributed by atoms with van der Waals surface area (Å²) in [6.45, 7) is 7.62. The molecule has 1 fully saturated rings. The molecule has 1 saturated carbocycles. The Balaban J connectivity index is 2.49. The number of allylic oxidation sites excluding steroid dienone is 2. The van der Waals surface area contributed by atoms with E-state index < -0.39 is 17.8 Å². The molecule has 0 spiro atoms. The predicted octanol–water partition coefficient (Wildman–Crippen LogP) is 4.30. The summed E-state index contributed by atoms with van der Waals surface area (Å²) in [5.41, 5.74) is -0.882. The fourth-order valence-electron chi connectivity index (χ4n) is 3.90. The van der Waals surface area contributed by atoms with Crippen LogP contribution < -0.4 is 0 Å². The number of carbonyl (C=O) groups excluding carboxylic acids is 1. The van der Waals surface area contributed by atoms with E-state index in [1.165, 1.54) is 0 Å². The first kappa shape index (κ1) is 25.9. The minimum atomic E-state index is -0.882. The molecular formula is C24H42O5. The van der Waals surface area contributed by atoms with Gasteiger partial charge in [-0.2, -0.15) is 0 Å². The standard InChI is InChI=1S/C24H42O5/c1-5-6-11-15-24(4,28)16-14-20-19(21(25)17-22(20)26)12-9-7-8-10-13-23(27)29-18(2)3/h7,9,14,16,18-22,25-26,28H,5-6,8,10-13,15,17H2,1-4H3/b9-7-,16-14+/t19-,20-,21+,22-,24+/m1/s1. The maximum atomic E-state index is 11.5. The number of rotatable bonds is 13. The Kier molecular flexibility index (Phi) is 11.8. The minimum Gasteiger partial charge on any atom is -0.463 e. The Bertz CT molecular complexity index is 523. The van der Waals surface area contributed by atoms with Crippen molar-refractivity contribution in [3.63, 3.8) is 0 Å². The molecule has 0 unspecified atom stereocenters. The van der Waals surface area contributed by atoms with Gasteiger partial charge in [-0.1, -0.05) is 50.5 Å². The Morgan fingerprint density at radius 2 is 1.90 bits per heavy atom. The van der Waals surface area contributed by atoms with Crippen LogP contribution in [0.25, 0.3) is 0 Å². The first-order valence-electron chi connectivity index (χ1n) is 11.3. The first-order valence-corrected chi connectivity index (χ1v) is 11.3. The largest absolute Gasteiger partial charge is 0.463 e. The number of aliphatic hydroxyl groups excluding tert-OH is 2. The number of carbonyl (C=O) groups is 1. The topological polar surface area (TPSA) is 87.0 Å². The number of aliphatic hydroxyl groups is 3. The van der Waals surface area contributed by atoms with Gasteiger partial charge >= 0.3 is 5.97 Å². The Labute approximate surface area is 176 Å². The van der Waals surface area contributed by atoms with Crippen LogP contribution in [0, 0.1) is 11.8 Å². The number of hydrogen-bond acceptors (Lipinski definition) is 5. The third-order valence-corrected chi connectivity index (χ3v) is 5.57. The quantitative estimate of drug-likeness (QED) is 0.239. The van der Waals surface area contributed by atoms with Crippen LogP contribution in [0.2, 0.25) is 0 Å². The van der Waals surface area contributed by atoms with Gasteiger partial charge < -0.3 is 20.1 Å². The minimum absolute atomic E-state index is 0.0603. The summed E-state index contributed by atoms with van der Waals surface area (Å²) in [6, 6.07) is 0. The van der Waals surface area contributed by atoms with Crippen LogP contribution in [0.15, 0.2) is 24.3 Å². The second-order valence-corrected chi connectivity index (χ2v) is 8.92. The highest BCUT2D eigenvalue weighted by Crippen LogP contribution is 2.37. The average molecular weight is 411 g/mol. The van der Waals surface area contributed by atoms with Crippen molar-refractivity contribution >= 4 is 5.97 Å². The van der Waals surface area contributed by atoms with Gasteiger partial charge in [0.25, 0.3) is 0 Å². The Hall–Kier alpha value is -1.17. The van der Waals surface area contributed by atoms with Gasteiger partial charge in [-0.05, 0) is 52.4 Å². The van der Waals surface area contributed by atoms with E-state index in [2.05, 4.69) is 6.92 Å². The molecule has 0 aromatic carbocycles. The molecule has 5 heteroatoms. The summed E-state index contributed by atoms with van der Waals surface area (Å²) < 4.78 is 5.11. The summed E-state index contributed by atoms with van der Waals surface area (Å²) in [4.78, 5) is 11.5. The highest BCUT2D eigenvalue weighted by Gasteiger charge is 2.39. The molecule has 1 aliphatic carbocycles. The van der Waals surface area contributed by atoms with Gasteiger partial charge in [0, 0.05) is 18.8 Å². The van der Waals surface area contributed by atoms with Gasteiger partial charge in [0.05, 0.1) is 23.9 Å².